The zero-order chi connectivity index (χ0) is 14.5. The van der Waals surface area contributed by atoms with Gasteiger partial charge in [-0.25, -0.2) is 13.6 Å². The maximum atomic E-state index is 12.0. The van der Waals surface area contributed by atoms with Crippen LogP contribution in [-0.2, 0) is 14.8 Å². The third-order valence-electron chi connectivity index (χ3n) is 3.60. The number of nitrogens with two attached hydrogens (primary N) is 1. The summed E-state index contributed by atoms with van der Waals surface area (Å²) in [5, 5.41) is 5.30. The van der Waals surface area contributed by atoms with E-state index in [0.29, 0.717) is 5.69 Å². The van der Waals surface area contributed by atoms with Crippen LogP contribution in [-0.4, -0.2) is 31.1 Å². The summed E-state index contributed by atoms with van der Waals surface area (Å²) in [7, 11) is -3.68. The number of aromatic nitrogens is 1. The summed E-state index contributed by atoms with van der Waals surface area (Å²) in [5.41, 5.74) is 2.72. The van der Waals surface area contributed by atoms with E-state index in [9.17, 15) is 13.2 Å². The monoisotopic (exact) mass is 293 g/mol. The van der Waals surface area contributed by atoms with Crippen molar-refractivity contribution in [1.29, 1.82) is 0 Å². The van der Waals surface area contributed by atoms with E-state index in [4.69, 9.17) is 5.14 Å². The molecule has 1 amide bonds. The van der Waals surface area contributed by atoms with Crippen LogP contribution >= 0.6 is 0 Å². The maximum Gasteiger partial charge on any atom is 0.228 e. The Hall–Kier alpha value is -1.86. The highest BCUT2D eigenvalue weighted by atomic mass is 32.2. The molecule has 1 fully saturated rings. The quantitative estimate of drug-likeness (QED) is 0.859. The summed E-state index contributed by atoms with van der Waals surface area (Å²) in [5.74, 6) is -0.212. The number of aryl methyl sites for hydroxylation is 1. The molecule has 0 spiro atoms. The number of amides is 1. The van der Waals surface area contributed by atoms with Crippen molar-refractivity contribution in [1.82, 2.24) is 4.98 Å². The second-order valence-electron chi connectivity index (χ2n) is 5.14. The molecule has 106 valence electrons. The van der Waals surface area contributed by atoms with Crippen LogP contribution in [0, 0.1) is 6.92 Å². The lowest BCUT2D eigenvalue weighted by atomic mass is 10.2. The van der Waals surface area contributed by atoms with Crippen LogP contribution in [0.25, 0.3) is 10.9 Å². The molecule has 1 aliphatic heterocycles. The number of anilines is 1. The molecule has 2 heterocycles. The lowest BCUT2D eigenvalue weighted by Gasteiger charge is -2.16. The molecule has 3 rings (SSSR count). The molecular weight excluding hydrogens is 278 g/mol. The molecule has 0 aliphatic carbocycles. The van der Waals surface area contributed by atoms with Crippen LogP contribution in [0.1, 0.15) is 12.1 Å². The fourth-order valence-electron chi connectivity index (χ4n) is 2.58. The number of primary sulfonamides is 1. The highest BCUT2D eigenvalue weighted by molar-refractivity contribution is 7.89. The minimum atomic E-state index is -3.68. The Morgan fingerprint density at radius 3 is 2.75 bits per heavy atom. The van der Waals surface area contributed by atoms with E-state index in [2.05, 4.69) is 4.98 Å². The minimum Gasteiger partial charge on any atom is -0.359 e. The van der Waals surface area contributed by atoms with Crippen LogP contribution in [0.2, 0.25) is 0 Å². The van der Waals surface area contributed by atoms with Gasteiger partial charge in [0.1, 0.15) is 5.25 Å². The fourth-order valence-corrected chi connectivity index (χ4v) is 3.31. The lowest BCUT2D eigenvalue weighted by Crippen LogP contribution is -2.32. The zero-order valence-electron chi connectivity index (χ0n) is 11.0. The van der Waals surface area contributed by atoms with Gasteiger partial charge < -0.3 is 9.88 Å². The van der Waals surface area contributed by atoms with Gasteiger partial charge >= 0.3 is 0 Å². The van der Waals surface area contributed by atoms with E-state index in [0.717, 1.165) is 16.6 Å². The van der Waals surface area contributed by atoms with E-state index in [-0.39, 0.29) is 18.9 Å². The third-order valence-corrected chi connectivity index (χ3v) is 4.85. The average Bonchev–Trinajstić information content (AvgIpc) is 2.89. The van der Waals surface area contributed by atoms with E-state index in [1.807, 2.05) is 31.2 Å². The van der Waals surface area contributed by atoms with Crippen LogP contribution in [0.3, 0.4) is 0 Å². The van der Waals surface area contributed by atoms with E-state index < -0.39 is 15.3 Å². The molecule has 3 N–H and O–H groups in total. The van der Waals surface area contributed by atoms with Crippen molar-refractivity contribution < 1.29 is 13.2 Å². The highest BCUT2D eigenvalue weighted by Crippen LogP contribution is 2.27. The summed E-state index contributed by atoms with van der Waals surface area (Å²) in [6, 6.07) is 7.55. The first-order chi connectivity index (χ1) is 9.34. The number of nitrogens with one attached hydrogen (secondary N) is 1. The minimum absolute atomic E-state index is 0.0525. The van der Waals surface area contributed by atoms with Gasteiger partial charge in [0.05, 0.1) is 0 Å². The number of fused-ring (bicyclic) bond motifs is 1. The summed E-state index contributed by atoms with van der Waals surface area (Å²) in [4.78, 5) is 16.7. The maximum absolute atomic E-state index is 12.0. The number of sulfonamides is 1. The number of aromatic amines is 1. The van der Waals surface area contributed by atoms with Gasteiger partial charge in [0.15, 0.2) is 0 Å². The van der Waals surface area contributed by atoms with Gasteiger partial charge in [0, 0.05) is 35.2 Å². The standard InChI is InChI=1S/C13H15N3O3S/c1-8-4-9-5-10(2-3-12(9)15-8)16-7-11(6-13(16)17)20(14,18)19/h2-5,11,15H,6-7H2,1H3,(H2,14,18,19). The molecular formula is C13H15N3O3S. The number of H-pyrrole nitrogens is 1. The van der Waals surface area contributed by atoms with Gasteiger partial charge in [-0.15, -0.1) is 0 Å². The van der Waals surface area contributed by atoms with Crippen molar-refractivity contribution in [3.05, 3.63) is 30.0 Å². The van der Waals surface area contributed by atoms with Crippen LogP contribution < -0.4 is 10.0 Å². The average molecular weight is 293 g/mol. The molecule has 0 radical (unpaired) electrons. The molecule has 1 aromatic heterocycles. The van der Waals surface area contributed by atoms with Gasteiger partial charge in [0.2, 0.25) is 15.9 Å². The molecule has 7 heteroatoms. The van der Waals surface area contributed by atoms with Gasteiger partial charge in [-0.1, -0.05) is 0 Å². The summed E-state index contributed by atoms with van der Waals surface area (Å²) in [6.07, 6.45) is -0.0525. The first kappa shape index (κ1) is 13.1. The highest BCUT2D eigenvalue weighted by Gasteiger charge is 2.37. The number of rotatable bonds is 2. The SMILES string of the molecule is Cc1cc2cc(N3CC(S(N)(=O)=O)CC3=O)ccc2[nH]1. The molecule has 0 saturated carbocycles. The molecule has 1 atom stereocenters. The Kier molecular flexibility index (Phi) is 2.84. The Morgan fingerprint density at radius 1 is 1.35 bits per heavy atom. The van der Waals surface area contributed by atoms with Crippen molar-refractivity contribution in [3.8, 4) is 0 Å². The first-order valence-electron chi connectivity index (χ1n) is 6.26. The van der Waals surface area contributed by atoms with Crippen molar-refractivity contribution in [2.45, 2.75) is 18.6 Å². The molecule has 0 bridgehead atoms. The molecule has 1 unspecified atom stereocenters. The van der Waals surface area contributed by atoms with Crippen molar-refractivity contribution >= 4 is 32.5 Å². The van der Waals surface area contributed by atoms with Gasteiger partial charge in [-0.2, -0.15) is 0 Å². The molecule has 1 saturated heterocycles. The second-order valence-corrected chi connectivity index (χ2v) is 6.99. The number of nitrogens with zero attached hydrogens (tertiary/aromatic N) is 1. The van der Waals surface area contributed by atoms with E-state index in [1.165, 1.54) is 4.90 Å². The predicted molar refractivity (Wildman–Crippen MR) is 76.9 cm³/mol. The van der Waals surface area contributed by atoms with E-state index >= 15 is 0 Å². The molecule has 1 aromatic carbocycles. The third kappa shape index (κ3) is 2.19. The van der Waals surface area contributed by atoms with Crippen LogP contribution in [0.5, 0.6) is 0 Å². The van der Waals surface area contributed by atoms with Crippen molar-refractivity contribution in [3.63, 3.8) is 0 Å². The Bertz CT molecular complexity index is 794. The Labute approximate surface area is 116 Å². The number of hydrogen-bond donors (Lipinski definition) is 2. The van der Waals surface area contributed by atoms with Gasteiger partial charge in [-0.3, -0.25) is 4.79 Å². The Balaban J connectivity index is 1.97. The lowest BCUT2D eigenvalue weighted by molar-refractivity contribution is -0.117. The first-order valence-corrected chi connectivity index (χ1v) is 7.87. The summed E-state index contributed by atoms with van der Waals surface area (Å²) < 4.78 is 22.7. The van der Waals surface area contributed by atoms with Crippen molar-refractivity contribution in [2.75, 3.05) is 11.4 Å². The van der Waals surface area contributed by atoms with E-state index in [1.54, 1.807) is 0 Å². The number of carbonyl (C=O) groups is 1. The smallest absolute Gasteiger partial charge is 0.228 e. The number of benzene rings is 1. The summed E-state index contributed by atoms with van der Waals surface area (Å²) in [6.45, 7) is 2.07. The number of carbonyl (C=O) groups excluding carboxylic acids is 1. The number of hydrogen-bond acceptors (Lipinski definition) is 3. The predicted octanol–water partition coefficient (Wildman–Crippen LogP) is 0.870. The Morgan fingerprint density at radius 2 is 2.10 bits per heavy atom. The topological polar surface area (TPSA) is 96.3 Å². The molecule has 6 nitrogen and oxygen atoms in total. The normalized spacial score (nSPS) is 20.0. The largest absolute Gasteiger partial charge is 0.359 e. The molecule has 20 heavy (non-hydrogen) atoms. The van der Waals surface area contributed by atoms with Crippen molar-refractivity contribution in [2.24, 2.45) is 5.14 Å². The second kappa shape index (κ2) is 4.32. The molecule has 1 aliphatic rings. The van der Waals surface area contributed by atoms with Gasteiger partial charge in [-0.05, 0) is 31.2 Å². The fraction of sp³-hybridized carbons (Fsp3) is 0.308. The van der Waals surface area contributed by atoms with Crippen LogP contribution in [0.15, 0.2) is 24.3 Å². The molecule has 2 aromatic rings. The van der Waals surface area contributed by atoms with Crippen LogP contribution in [0.4, 0.5) is 5.69 Å². The summed E-state index contributed by atoms with van der Waals surface area (Å²) >= 11 is 0. The zero-order valence-corrected chi connectivity index (χ0v) is 11.8. The van der Waals surface area contributed by atoms with Gasteiger partial charge in [0.25, 0.3) is 0 Å².